The minimum atomic E-state index is -0.835. The van der Waals surface area contributed by atoms with Crippen molar-refractivity contribution in [2.24, 2.45) is 0 Å². The van der Waals surface area contributed by atoms with Crippen LogP contribution in [-0.4, -0.2) is 9.55 Å². The minimum absolute atomic E-state index is 0. The fraction of sp³-hybridized carbons (Fsp3) is 0.0690. The van der Waals surface area contributed by atoms with E-state index in [1.807, 2.05) is 53.6 Å². The molecular weight excluding hydrogens is 995 g/mol. The fourth-order valence-corrected chi connectivity index (χ4v) is 11.7. The Kier molecular flexibility index (Phi) is 11.2. The Balaban J connectivity index is 0.00000498. The standard InChI is InChI=1S/C58H44N4OP.Pt/c1-58(2,3)41-33-34-59-54(35-41)62-50-31-18-32-52-55(50)56-51(62)37-44(38-53(56)64(52)45-25-12-7-13-26-45)63-43-24-16-23-42(36-43)60-48-29-14-15-30-49(48)61(4)57-46(39-19-8-5-9-20-39)27-17-28-47(57)40-21-10-6-11-22-40;/h5-35,38,60H,4H2,1-3H3;/q-3;. The quantitative estimate of drug-likeness (QED) is 0.139. The molecule has 3 heterocycles. The molecule has 0 radical (unpaired) electrons. The van der Waals surface area contributed by atoms with E-state index in [1.54, 1.807) is 0 Å². The summed E-state index contributed by atoms with van der Waals surface area (Å²) in [6.07, 6.45) is 1.92. The Bertz CT molecular complexity index is 3390. The molecular formula is C58H44N4OPPt-3. The molecule has 0 aliphatic carbocycles. The summed E-state index contributed by atoms with van der Waals surface area (Å²) in [5.41, 5.74) is 11.2. The molecule has 1 unspecified atom stereocenters. The molecule has 0 aliphatic rings. The van der Waals surface area contributed by atoms with Gasteiger partial charge in [0.05, 0.1) is 5.69 Å². The Morgan fingerprint density at radius 2 is 1.28 bits per heavy atom. The van der Waals surface area contributed by atoms with Gasteiger partial charge in [-0.2, -0.15) is 6.07 Å². The summed E-state index contributed by atoms with van der Waals surface area (Å²) < 4.78 is 9.09. The molecule has 1 atom stereocenters. The van der Waals surface area contributed by atoms with E-state index in [9.17, 15) is 0 Å². The molecule has 0 saturated heterocycles. The maximum atomic E-state index is 6.82. The van der Waals surface area contributed by atoms with Crippen LogP contribution in [0.4, 0.5) is 22.7 Å². The molecule has 1 N–H and O–H groups in total. The van der Waals surface area contributed by atoms with E-state index in [0.717, 1.165) is 61.9 Å². The van der Waals surface area contributed by atoms with Gasteiger partial charge in [-0.15, -0.1) is 37.9 Å². The molecule has 0 aliphatic heterocycles. The normalized spacial score (nSPS) is 11.8. The van der Waals surface area contributed by atoms with Gasteiger partial charge in [-0.3, -0.25) is 7.05 Å². The smallest absolute Gasteiger partial charge is 0.135 e. The number of aromatic nitrogens is 2. The van der Waals surface area contributed by atoms with Gasteiger partial charge in [-0.25, -0.2) is 4.98 Å². The van der Waals surface area contributed by atoms with Crippen LogP contribution in [0.15, 0.2) is 194 Å². The van der Waals surface area contributed by atoms with Gasteiger partial charge in [0.15, 0.2) is 0 Å². The first kappa shape index (κ1) is 42.1. The van der Waals surface area contributed by atoms with Gasteiger partial charge < -0.3 is 19.5 Å². The molecule has 8 aromatic carbocycles. The molecule has 0 spiro atoms. The molecule has 65 heavy (non-hydrogen) atoms. The van der Waals surface area contributed by atoms with Crippen LogP contribution in [0.25, 0.3) is 65.4 Å². The van der Waals surface area contributed by atoms with Gasteiger partial charge in [-0.05, 0) is 68.2 Å². The van der Waals surface area contributed by atoms with Crippen LogP contribution >= 0.6 is 7.53 Å². The topological polar surface area (TPSA) is 42.3 Å². The molecule has 0 bridgehead atoms. The third-order valence-corrected chi connectivity index (χ3v) is 14.5. The molecule has 3 aromatic heterocycles. The van der Waals surface area contributed by atoms with Gasteiger partial charge in [-0.1, -0.05) is 176 Å². The Hall–Kier alpha value is -6.90. The van der Waals surface area contributed by atoms with Crippen molar-refractivity contribution in [2.75, 3.05) is 10.2 Å². The number of hydrogen-bond acceptors (Lipinski definition) is 4. The summed E-state index contributed by atoms with van der Waals surface area (Å²) in [5.74, 6) is 2.08. The molecule has 11 rings (SSSR count). The maximum absolute atomic E-state index is 6.82. The number of hydrogen-bond donors (Lipinski definition) is 1. The molecule has 0 saturated carbocycles. The van der Waals surface area contributed by atoms with E-state index in [0.29, 0.717) is 11.5 Å². The number of benzene rings is 8. The number of para-hydroxylation sites is 3. The third kappa shape index (κ3) is 7.69. The number of nitrogens with one attached hydrogen (secondary N) is 1. The van der Waals surface area contributed by atoms with Gasteiger partial charge >= 0.3 is 0 Å². The van der Waals surface area contributed by atoms with E-state index in [2.05, 4.69) is 188 Å². The van der Waals surface area contributed by atoms with Crippen LogP contribution in [-0.2, 0) is 26.5 Å². The summed E-state index contributed by atoms with van der Waals surface area (Å²) in [6.45, 7) is 6.72. The SMILES string of the molecule is [CH2-]N(c1ccccc1Nc1[c-]c(Oc2[c-]c3c4c5c(cccc5p(-c5ccccc5)c4c2)n3-c2cc(C(C)(C)C)ccn2)ccc1)c1c(-c2ccccc2)cccc1-c1ccccc1.[Pt]. The first-order valence-corrected chi connectivity index (χ1v) is 22.9. The number of rotatable bonds is 10. The number of nitrogens with zero attached hydrogens (tertiary/aromatic N) is 3. The van der Waals surface area contributed by atoms with Crippen molar-refractivity contribution in [1.29, 1.82) is 0 Å². The number of ether oxygens (including phenoxy) is 1. The molecule has 5 nitrogen and oxygen atoms in total. The van der Waals surface area contributed by atoms with Gasteiger partial charge in [0.25, 0.3) is 0 Å². The van der Waals surface area contributed by atoms with Crippen LogP contribution < -0.4 is 15.0 Å². The predicted octanol–water partition coefficient (Wildman–Crippen LogP) is 16.4. The summed E-state index contributed by atoms with van der Waals surface area (Å²) in [5, 5.41) is 10.1. The van der Waals surface area contributed by atoms with Crippen molar-refractivity contribution in [3.63, 3.8) is 0 Å². The summed E-state index contributed by atoms with van der Waals surface area (Å²) >= 11 is 0. The average molecular weight is 1040 g/mol. The van der Waals surface area contributed by atoms with E-state index >= 15 is 0 Å². The van der Waals surface area contributed by atoms with Crippen LogP contribution in [0.2, 0.25) is 0 Å². The second kappa shape index (κ2) is 17.2. The zero-order valence-electron chi connectivity index (χ0n) is 36.2. The zero-order valence-corrected chi connectivity index (χ0v) is 39.4. The van der Waals surface area contributed by atoms with Crippen molar-refractivity contribution in [2.45, 2.75) is 26.2 Å². The van der Waals surface area contributed by atoms with Crippen LogP contribution in [0, 0.1) is 19.2 Å². The third-order valence-electron chi connectivity index (χ3n) is 12.0. The van der Waals surface area contributed by atoms with E-state index in [1.165, 1.54) is 31.9 Å². The molecule has 0 amide bonds. The van der Waals surface area contributed by atoms with Gasteiger partial charge in [0, 0.05) is 66.8 Å². The van der Waals surface area contributed by atoms with Crippen molar-refractivity contribution in [3.05, 3.63) is 219 Å². The van der Waals surface area contributed by atoms with E-state index in [4.69, 9.17) is 16.8 Å². The predicted molar refractivity (Wildman–Crippen MR) is 269 cm³/mol. The van der Waals surface area contributed by atoms with Crippen LogP contribution in [0.5, 0.6) is 11.5 Å². The second-order valence-corrected chi connectivity index (χ2v) is 19.3. The van der Waals surface area contributed by atoms with Crippen molar-refractivity contribution in [1.82, 2.24) is 9.55 Å². The summed E-state index contributed by atoms with van der Waals surface area (Å²) in [7, 11) is 3.87. The summed E-state index contributed by atoms with van der Waals surface area (Å²) in [4.78, 5) is 6.99. The van der Waals surface area contributed by atoms with E-state index < -0.39 is 7.53 Å². The minimum Gasteiger partial charge on any atom is -0.509 e. The molecule has 11 aromatic rings. The monoisotopic (exact) mass is 1040 g/mol. The molecule has 7 heteroatoms. The van der Waals surface area contributed by atoms with Crippen molar-refractivity contribution in [3.8, 4) is 44.9 Å². The summed E-state index contributed by atoms with van der Waals surface area (Å²) in [6, 6.07) is 73.0. The first-order valence-electron chi connectivity index (χ1n) is 21.6. The fourth-order valence-electron chi connectivity index (χ4n) is 9.00. The zero-order chi connectivity index (χ0) is 43.4. The first-order chi connectivity index (χ1) is 31.3. The number of pyridine rings is 1. The molecule has 320 valence electrons. The second-order valence-electron chi connectivity index (χ2n) is 17.1. The number of anilines is 4. The van der Waals surface area contributed by atoms with Gasteiger partial charge in [0.2, 0.25) is 0 Å². The Morgan fingerprint density at radius 3 is 1.98 bits per heavy atom. The largest absolute Gasteiger partial charge is 0.509 e. The average Bonchev–Trinajstić information content (AvgIpc) is 3.85. The Labute approximate surface area is 395 Å². The maximum Gasteiger partial charge on any atom is 0.135 e. The van der Waals surface area contributed by atoms with Crippen LogP contribution in [0.3, 0.4) is 0 Å². The van der Waals surface area contributed by atoms with Crippen molar-refractivity contribution >= 4 is 62.3 Å². The Morgan fingerprint density at radius 1 is 0.631 bits per heavy atom. The van der Waals surface area contributed by atoms with Crippen molar-refractivity contribution < 1.29 is 25.8 Å². The van der Waals surface area contributed by atoms with Gasteiger partial charge in [0.1, 0.15) is 5.82 Å². The molecule has 0 fully saturated rings. The van der Waals surface area contributed by atoms with E-state index in [-0.39, 0.29) is 26.5 Å². The van der Waals surface area contributed by atoms with Crippen LogP contribution in [0.1, 0.15) is 26.3 Å².